The van der Waals surface area contributed by atoms with Gasteiger partial charge < -0.3 is 14.8 Å². The van der Waals surface area contributed by atoms with Crippen LogP contribution >= 0.6 is 0 Å². The van der Waals surface area contributed by atoms with E-state index in [0.29, 0.717) is 6.61 Å². The summed E-state index contributed by atoms with van der Waals surface area (Å²) in [6.45, 7) is 2.23. The maximum absolute atomic E-state index is 11.6. The van der Waals surface area contributed by atoms with E-state index in [4.69, 9.17) is 4.74 Å². The monoisotopic (exact) mass is 256 g/mol. The number of methoxy groups -OCH3 is 2. The second-order valence-electron chi connectivity index (χ2n) is 3.72. The first kappa shape index (κ1) is 14.1. The maximum Gasteiger partial charge on any atom is 0.360 e. The predicted octanol–water partition coefficient (Wildman–Crippen LogP) is -0.784. The fourth-order valence-electron chi connectivity index (χ4n) is 1.33. The third-order valence-electron chi connectivity index (χ3n) is 2.06. The van der Waals surface area contributed by atoms with Crippen LogP contribution in [0.25, 0.3) is 0 Å². The molecule has 18 heavy (non-hydrogen) atoms. The van der Waals surface area contributed by atoms with Crippen LogP contribution in [0.15, 0.2) is 6.20 Å². The molecule has 0 bridgehead atoms. The Morgan fingerprint density at radius 3 is 2.83 bits per heavy atom. The van der Waals surface area contributed by atoms with Gasteiger partial charge in [-0.3, -0.25) is 4.79 Å². The molecular formula is C10H16N4O4. The van der Waals surface area contributed by atoms with Gasteiger partial charge in [-0.25, -0.2) is 9.48 Å². The van der Waals surface area contributed by atoms with Gasteiger partial charge in [0.15, 0.2) is 5.69 Å². The molecule has 0 fully saturated rings. The molecule has 0 saturated carbocycles. The second-order valence-corrected chi connectivity index (χ2v) is 3.72. The Balaban J connectivity index is 2.49. The lowest BCUT2D eigenvalue weighted by atomic mass is 10.3. The van der Waals surface area contributed by atoms with E-state index >= 15 is 0 Å². The average Bonchev–Trinajstić information content (AvgIpc) is 2.76. The third kappa shape index (κ3) is 4.13. The summed E-state index contributed by atoms with van der Waals surface area (Å²) >= 11 is 0. The molecular weight excluding hydrogens is 240 g/mol. The molecule has 0 spiro atoms. The van der Waals surface area contributed by atoms with Crippen molar-refractivity contribution in [2.75, 3.05) is 20.8 Å². The minimum atomic E-state index is -0.589. The summed E-state index contributed by atoms with van der Waals surface area (Å²) in [7, 11) is 2.81. The van der Waals surface area contributed by atoms with Crippen molar-refractivity contribution in [1.29, 1.82) is 0 Å². The van der Waals surface area contributed by atoms with Crippen molar-refractivity contribution in [2.24, 2.45) is 0 Å². The maximum atomic E-state index is 11.6. The first-order valence-corrected chi connectivity index (χ1v) is 5.33. The van der Waals surface area contributed by atoms with E-state index in [1.54, 1.807) is 7.11 Å². The van der Waals surface area contributed by atoms with E-state index in [1.165, 1.54) is 18.0 Å². The summed E-state index contributed by atoms with van der Waals surface area (Å²) in [6, 6.07) is -0.0916. The molecule has 0 aliphatic heterocycles. The lowest BCUT2D eigenvalue weighted by Gasteiger charge is -2.12. The smallest absolute Gasteiger partial charge is 0.360 e. The van der Waals surface area contributed by atoms with Crippen molar-refractivity contribution in [3.8, 4) is 0 Å². The van der Waals surface area contributed by atoms with E-state index in [1.807, 2.05) is 6.92 Å². The molecule has 1 heterocycles. The summed E-state index contributed by atoms with van der Waals surface area (Å²) < 4.78 is 10.6. The molecule has 1 aromatic heterocycles. The van der Waals surface area contributed by atoms with E-state index < -0.39 is 5.97 Å². The number of hydrogen-bond donors (Lipinski definition) is 1. The molecule has 100 valence electrons. The molecule has 1 atom stereocenters. The van der Waals surface area contributed by atoms with Crippen molar-refractivity contribution < 1.29 is 19.1 Å². The van der Waals surface area contributed by atoms with Gasteiger partial charge in [-0.15, -0.1) is 5.10 Å². The van der Waals surface area contributed by atoms with Gasteiger partial charge in [0.05, 0.1) is 19.9 Å². The van der Waals surface area contributed by atoms with E-state index in [-0.39, 0.29) is 24.2 Å². The van der Waals surface area contributed by atoms with Crippen molar-refractivity contribution in [2.45, 2.75) is 19.5 Å². The van der Waals surface area contributed by atoms with E-state index in [9.17, 15) is 9.59 Å². The fraction of sp³-hybridized carbons (Fsp3) is 0.600. The number of ether oxygens (including phenoxy) is 2. The highest BCUT2D eigenvalue weighted by atomic mass is 16.5. The van der Waals surface area contributed by atoms with Crippen LogP contribution in [0.3, 0.4) is 0 Å². The molecule has 1 unspecified atom stereocenters. The van der Waals surface area contributed by atoms with E-state index in [0.717, 1.165) is 0 Å². The third-order valence-corrected chi connectivity index (χ3v) is 2.06. The van der Waals surface area contributed by atoms with Gasteiger partial charge in [0.1, 0.15) is 6.54 Å². The molecule has 8 heteroatoms. The largest absolute Gasteiger partial charge is 0.464 e. The van der Waals surface area contributed by atoms with Crippen molar-refractivity contribution >= 4 is 11.9 Å². The Bertz CT molecular complexity index is 418. The molecule has 1 rings (SSSR count). The number of hydrogen-bond acceptors (Lipinski definition) is 6. The average molecular weight is 256 g/mol. The number of nitrogens with zero attached hydrogens (tertiary/aromatic N) is 3. The zero-order valence-electron chi connectivity index (χ0n) is 10.5. The number of esters is 1. The number of carbonyl (C=O) groups is 2. The first-order valence-electron chi connectivity index (χ1n) is 5.33. The molecule has 0 aromatic carbocycles. The number of carbonyl (C=O) groups excluding carboxylic acids is 2. The lowest BCUT2D eigenvalue weighted by Crippen LogP contribution is -2.37. The number of aromatic nitrogens is 3. The molecule has 1 N–H and O–H groups in total. The van der Waals surface area contributed by atoms with Crippen LogP contribution in [-0.2, 0) is 20.8 Å². The molecule has 0 aliphatic carbocycles. The number of rotatable bonds is 6. The summed E-state index contributed by atoms with van der Waals surface area (Å²) in [6.07, 6.45) is 1.35. The quantitative estimate of drug-likeness (QED) is 0.670. The van der Waals surface area contributed by atoms with Crippen molar-refractivity contribution in [3.05, 3.63) is 11.9 Å². The summed E-state index contributed by atoms with van der Waals surface area (Å²) in [5.41, 5.74) is 0.0650. The van der Waals surface area contributed by atoms with Crippen LogP contribution in [0, 0.1) is 0 Å². The van der Waals surface area contributed by atoms with Gasteiger partial charge >= 0.3 is 5.97 Å². The Morgan fingerprint density at radius 2 is 2.22 bits per heavy atom. The predicted molar refractivity (Wildman–Crippen MR) is 60.8 cm³/mol. The Kier molecular flexibility index (Phi) is 5.25. The van der Waals surface area contributed by atoms with Crippen LogP contribution in [0.2, 0.25) is 0 Å². The molecule has 8 nitrogen and oxygen atoms in total. The Hall–Kier alpha value is -1.96. The van der Waals surface area contributed by atoms with E-state index in [2.05, 4.69) is 20.4 Å². The second kappa shape index (κ2) is 6.70. The highest BCUT2D eigenvalue weighted by Crippen LogP contribution is 1.95. The topological polar surface area (TPSA) is 95.3 Å². The zero-order valence-corrected chi connectivity index (χ0v) is 10.5. The molecule has 1 aromatic rings. The molecule has 0 saturated heterocycles. The number of amides is 1. The van der Waals surface area contributed by atoms with Crippen molar-refractivity contribution in [1.82, 2.24) is 20.3 Å². The Morgan fingerprint density at radius 1 is 1.50 bits per heavy atom. The molecule has 0 aliphatic rings. The van der Waals surface area contributed by atoms with Crippen LogP contribution < -0.4 is 5.32 Å². The number of nitrogens with one attached hydrogen (secondary N) is 1. The van der Waals surface area contributed by atoms with Gasteiger partial charge in [-0.05, 0) is 6.92 Å². The van der Waals surface area contributed by atoms with Crippen LogP contribution in [-0.4, -0.2) is 53.7 Å². The van der Waals surface area contributed by atoms with Gasteiger partial charge in [-0.1, -0.05) is 5.21 Å². The highest BCUT2D eigenvalue weighted by molar-refractivity contribution is 5.86. The fourth-order valence-corrected chi connectivity index (χ4v) is 1.33. The standard InChI is InChI=1S/C10H16N4O4/c1-7(6-17-2)11-9(15)5-14-4-8(12-13-14)10(16)18-3/h4,7H,5-6H2,1-3H3,(H,11,15). The molecule has 1 amide bonds. The van der Waals surface area contributed by atoms with Crippen LogP contribution in [0.4, 0.5) is 0 Å². The Labute approximate surface area is 104 Å². The minimum absolute atomic E-state index is 0.0158. The van der Waals surface area contributed by atoms with Gasteiger partial charge in [0.2, 0.25) is 5.91 Å². The zero-order chi connectivity index (χ0) is 13.5. The van der Waals surface area contributed by atoms with Crippen LogP contribution in [0.1, 0.15) is 17.4 Å². The summed E-state index contributed by atoms with van der Waals surface area (Å²) in [5, 5.41) is 9.95. The SMILES string of the molecule is COCC(C)NC(=O)Cn1cc(C(=O)OC)nn1. The lowest BCUT2D eigenvalue weighted by molar-refractivity contribution is -0.122. The highest BCUT2D eigenvalue weighted by Gasteiger charge is 2.13. The summed E-state index contributed by atoms with van der Waals surface area (Å²) in [5.74, 6) is -0.824. The first-order chi connectivity index (χ1) is 8.56. The van der Waals surface area contributed by atoms with Crippen molar-refractivity contribution in [3.63, 3.8) is 0 Å². The van der Waals surface area contributed by atoms with Gasteiger partial charge in [0.25, 0.3) is 0 Å². The normalized spacial score (nSPS) is 11.9. The van der Waals surface area contributed by atoms with Crippen LogP contribution in [0.5, 0.6) is 0 Å². The van der Waals surface area contributed by atoms with Gasteiger partial charge in [0, 0.05) is 13.2 Å². The summed E-state index contributed by atoms with van der Waals surface area (Å²) in [4.78, 5) is 22.7. The minimum Gasteiger partial charge on any atom is -0.464 e. The van der Waals surface area contributed by atoms with Gasteiger partial charge in [-0.2, -0.15) is 0 Å². The molecule has 0 radical (unpaired) electrons.